The van der Waals surface area contributed by atoms with Gasteiger partial charge in [-0.15, -0.1) is 0 Å². The van der Waals surface area contributed by atoms with Gasteiger partial charge in [0.25, 0.3) is 0 Å². The van der Waals surface area contributed by atoms with Crippen molar-refractivity contribution in [1.82, 2.24) is 5.32 Å². The summed E-state index contributed by atoms with van der Waals surface area (Å²) in [6.07, 6.45) is 1.47. The number of nitrogens with one attached hydrogen (secondary N) is 1. The fourth-order valence-electron chi connectivity index (χ4n) is 1.73. The molecule has 0 spiro atoms. The van der Waals surface area contributed by atoms with Gasteiger partial charge in [-0.2, -0.15) is 0 Å². The maximum atomic E-state index is 5.48. The molecule has 1 N–H and O–H groups in total. The fraction of sp³-hybridized carbons (Fsp3) is 0.571. The molecule has 2 nitrogen and oxygen atoms in total. The van der Waals surface area contributed by atoms with Crippen LogP contribution >= 0.6 is 0 Å². The van der Waals surface area contributed by atoms with E-state index < -0.39 is 0 Å². The Hall–Kier alpha value is -0.860. The van der Waals surface area contributed by atoms with Crippen molar-refractivity contribution in [3.8, 4) is 0 Å². The smallest absolute Gasteiger partial charge is 0.0721 e. The van der Waals surface area contributed by atoms with Crippen LogP contribution in [0, 0.1) is 5.92 Å². The van der Waals surface area contributed by atoms with Gasteiger partial charge in [0.1, 0.15) is 0 Å². The van der Waals surface area contributed by atoms with E-state index in [1.165, 1.54) is 5.56 Å². The summed E-state index contributed by atoms with van der Waals surface area (Å²) in [6.45, 7) is 6.27. The number of methoxy groups -OCH3 is 1. The monoisotopic (exact) mass is 221 g/mol. The molecule has 0 saturated heterocycles. The Kier molecular flexibility index (Phi) is 6.12. The van der Waals surface area contributed by atoms with Crippen molar-refractivity contribution >= 4 is 0 Å². The number of benzene rings is 1. The minimum absolute atomic E-state index is 0.314. The molecule has 90 valence electrons. The quantitative estimate of drug-likeness (QED) is 0.764. The molecule has 0 aliphatic carbocycles. The van der Waals surface area contributed by atoms with Crippen molar-refractivity contribution in [3.05, 3.63) is 35.9 Å². The number of hydrogen-bond acceptors (Lipinski definition) is 2. The second-order valence-corrected chi connectivity index (χ2v) is 4.28. The first-order valence-corrected chi connectivity index (χ1v) is 6.05. The van der Waals surface area contributed by atoms with Crippen molar-refractivity contribution < 1.29 is 4.74 Å². The van der Waals surface area contributed by atoms with Gasteiger partial charge in [-0.3, -0.25) is 0 Å². The van der Waals surface area contributed by atoms with E-state index in [9.17, 15) is 0 Å². The Labute approximate surface area is 99.0 Å². The molecule has 16 heavy (non-hydrogen) atoms. The molecular formula is C14H23NO. The van der Waals surface area contributed by atoms with Gasteiger partial charge in [-0.1, -0.05) is 50.6 Å². The molecule has 2 atom stereocenters. The summed E-state index contributed by atoms with van der Waals surface area (Å²) in [4.78, 5) is 0. The molecule has 0 aliphatic heterocycles. The molecular weight excluding hydrogens is 198 g/mol. The van der Waals surface area contributed by atoms with Crippen LogP contribution in [0.4, 0.5) is 0 Å². The normalized spacial score (nSPS) is 14.7. The van der Waals surface area contributed by atoms with Crippen LogP contribution in [-0.2, 0) is 11.3 Å². The topological polar surface area (TPSA) is 21.3 Å². The van der Waals surface area contributed by atoms with Crippen LogP contribution < -0.4 is 5.32 Å². The van der Waals surface area contributed by atoms with E-state index in [-0.39, 0.29) is 0 Å². The van der Waals surface area contributed by atoms with Gasteiger partial charge in [0.15, 0.2) is 0 Å². The van der Waals surface area contributed by atoms with Crippen LogP contribution in [0.1, 0.15) is 25.8 Å². The van der Waals surface area contributed by atoms with Crippen molar-refractivity contribution in [1.29, 1.82) is 0 Å². The number of ether oxygens (including phenoxy) is 1. The molecule has 0 aliphatic rings. The molecule has 0 saturated carbocycles. The van der Waals surface area contributed by atoms with Crippen LogP contribution in [0.3, 0.4) is 0 Å². The highest BCUT2D eigenvalue weighted by Gasteiger charge is 2.13. The van der Waals surface area contributed by atoms with Crippen molar-refractivity contribution in [3.63, 3.8) is 0 Å². The second-order valence-electron chi connectivity index (χ2n) is 4.28. The molecule has 0 aromatic heterocycles. The first-order valence-electron chi connectivity index (χ1n) is 6.05. The summed E-state index contributed by atoms with van der Waals surface area (Å²) in [5.41, 5.74) is 1.32. The summed E-state index contributed by atoms with van der Waals surface area (Å²) < 4.78 is 5.48. The van der Waals surface area contributed by atoms with Crippen LogP contribution in [-0.4, -0.2) is 19.8 Å². The van der Waals surface area contributed by atoms with Gasteiger partial charge >= 0.3 is 0 Å². The van der Waals surface area contributed by atoms with E-state index in [2.05, 4.69) is 43.4 Å². The molecule has 0 bridgehead atoms. The lowest BCUT2D eigenvalue weighted by atomic mass is 10.0. The van der Waals surface area contributed by atoms with Crippen molar-refractivity contribution in [2.24, 2.45) is 5.92 Å². The minimum Gasteiger partial charge on any atom is -0.380 e. The van der Waals surface area contributed by atoms with Gasteiger partial charge in [-0.05, 0) is 11.5 Å². The molecule has 0 heterocycles. The summed E-state index contributed by atoms with van der Waals surface area (Å²) in [5, 5.41) is 3.44. The zero-order valence-electron chi connectivity index (χ0n) is 10.6. The highest BCUT2D eigenvalue weighted by molar-refractivity contribution is 5.14. The molecule has 0 radical (unpaired) electrons. The largest absolute Gasteiger partial charge is 0.380 e. The van der Waals surface area contributed by atoms with Gasteiger partial charge < -0.3 is 10.1 Å². The SMILES string of the molecule is CCC(C)C(CNCc1ccccc1)OC. The lowest BCUT2D eigenvalue weighted by Crippen LogP contribution is -2.32. The average molecular weight is 221 g/mol. The van der Waals surface area contributed by atoms with Crippen molar-refractivity contribution in [2.75, 3.05) is 13.7 Å². The third kappa shape index (κ3) is 4.33. The highest BCUT2D eigenvalue weighted by Crippen LogP contribution is 2.09. The second kappa shape index (κ2) is 7.42. The van der Waals surface area contributed by atoms with Crippen molar-refractivity contribution in [2.45, 2.75) is 32.9 Å². The van der Waals surface area contributed by atoms with E-state index in [1.807, 2.05) is 6.07 Å². The van der Waals surface area contributed by atoms with Crippen LogP contribution in [0.25, 0.3) is 0 Å². The van der Waals surface area contributed by atoms with Gasteiger partial charge in [0, 0.05) is 20.2 Å². The van der Waals surface area contributed by atoms with Gasteiger partial charge in [-0.25, -0.2) is 0 Å². The Morgan fingerprint density at radius 1 is 1.25 bits per heavy atom. The Bertz CT molecular complexity index is 273. The minimum atomic E-state index is 0.314. The number of rotatable bonds is 7. The Morgan fingerprint density at radius 2 is 1.94 bits per heavy atom. The molecule has 2 heteroatoms. The zero-order valence-corrected chi connectivity index (χ0v) is 10.6. The first-order chi connectivity index (χ1) is 7.77. The molecule has 1 aromatic carbocycles. The van der Waals surface area contributed by atoms with Crippen LogP contribution in [0.15, 0.2) is 30.3 Å². The predicted octanol–water partition coefficient (Wildman–Crippen LogP) is 2.84. The molecule has 0 amide bonds. The maximum Gasteiger partial charge on any atom is 0.0721 e. The molecule has 0 fully saturated rings. The third-order valence-corrected chi connectivity index (χ3v) is 3.10. The van der Waals surface area contributed by atoms with E-state index in [0.717, 1.165) is 19.5 Å². The van der Waals surface area contributed by atoms with E-state index in [4.69, 9.17) is 4.74 Å². The van der Waals surface area contributed by atoms with E-state index >= 15 is 0 Å². The Balaban J connectivity index is 2.28. The third-order valence-electron chi connectivity index (χ3n) is 3.10. The molecule has 1 rings (SSSR count). The lowest BCUT2D eigenvalue weighted by Gasteiger charge is -2.21. The summed E-state index contributed by atoms with van der Waals surface area (Å²) in [7, 11) is 1.79. The fourth-order valence-corrected chi connectivity index (χ4v) is 1.73. The molecule has 1 aromatic rings. The van der Waals surface area contributed by atoms with Crippen LogP contribution in [0.5, 0.6) is 0 Å². The predicted molar refractivity (Wildman–Crippen MR) is 68.4 cm³/mol. The summed E-state index contributed by atoms with van der Waals surface area (Å²) in [6, 6.07) is 10.5. The summed E-state index contributed by atoms with van der Waals surface area (Å²) >= 11 is 0. The highest BCUT2D eigenvalue weighted by atomic mass is 16.5. The number of hydrogen-bond donors (Lipinski definition) is 1. The van der Waals surface area contributed by atoms with Crippen LogP contribution in [0.2, 0.25) is 0 Å². The Morgan fingerprint density at radius 3 is 2.50 bits per heavy atom. The zero-order chi connectivity index (χ0) is 11.8. The lowest BCUT2D eigenvalue weighted by molar-refractivity contribution is 0.0569. The maximum absolute atomic E-state index is 5.48. The van der Waals surface area contributed by atoms with E-state index in [1.54, 1.807) is 7.11 Å². The standard InChI is InChI=1S/C14H23NO/c1-4-12(2)14(16-3)11-15-10-13-8-6-5-7-9-13/h5-9,12,14-15H,4,10-11H2,1-3H3. The average Bonchev–Trinajstić information content (AvgIpc) is 2.35. The molecule has 2 unspecified atom stereocenters. The van der Waals surface area contributed by atoms with E-state index in [0.29, 0.717) is 12.0 Å². The first kappa shape index (κ1) is 13.2. The van der Waals surface area contributed by atoms with Gasteiger partial charge in [0.2, 0.25) is 0 Å². The summed E-state index contributed by atoms with van der Waals surface area (Å²) in [5.74, 6) is 0.605. The van der Waals surface area contributed by atoms with Gasteiger partial charge in [0.05, 0.1) is 6.10 Å².